The molecule has 0 saturated carbocycles. The van der Waals surface area contributed by atoms with Crippen molar-refractivity contribution < 1.29 is 4.74 Å². The van der Waals surface area contributed by atoms with Gasteiger partial charge in [0, 0.05) is 12.6 Å². The van der Waals surface area contributed by atoms with E-state index in [-0.39, 0.29) is 12.1 Å². The van der Waals surface area contributed by atoms with E-state index in [9.17, 15) is 0 Å². The largest absolute Gasteiger partial charge is 0.377 e. The van der Waals surface area contributed by atoms with Gasteiger partial charge >= 0.3 is 0 Å². The van der Waals surface area contributed by atoms with Gasteiger partial charge in [0.15, 0.2) is 0 Å². The fourth-order valence-electron chi connectivity index (χ4n) is 2.11. The van der Waals surface area contributed by atoms with Gasteiger partial charge in [-0.1, -0.05) is 39.5 Å². The summed E-state index contributed by atoms with van der Waals surface area (Å²) in [4.78, 5) is 0. The highest BCUT2D eigenvalue weighted by molar-refractivity contribution is 4.75. The topological polar surface area (TPSA) is 47.3 Å². The molecule has 0 spiro atoms. The van der Waals surface area contributed by atoms with E-state index in [1.165, 1.54) is 25.7 Å². The Morgan fingerprint density at radius 1 is 1.25 bits per heavy atom. The maximum atomic E-state index is 5.61. The molecule has 0 aromatic carbocycles. The number of hydrazine groups is 1. The maximum absolute atomic E-state index is 5.61. The molecule has 98 valence electrons. The van der Waals surface area contributed by atoms with Gasteiger partial charge in [-0.25, -0.2) is 0 Å². The van der Waals surface area contributed by atoms with Crippen LogP contribution in [0.2, 0.25) is 0 Å². The van der Waals surface area contributed by atoms with Crippen LogP contribution in [0.5, 0.6) is 0 Å². The number of unbranched alkanes of at least 4 members (excludes halogenated alkanes) is 1. The summed E-state index contributed by atoms with van der Waals surface area (Å²) in [5, 5.41) is 0. The van der Waals surface area contributed by atoms with Crippen molar-refractivity contribution in [1.82, 2.24) is 5.43 Å². The maximum Gasteiger partial charge on any atom is 0.0713 e. The Kier molecular flexibility index (Phi) is 9.99. The van der Waals surface area contributed by atoms with Crippen LogP contribution in [0.3, 0.4) is 0 Å². The van der Waals surface area contributed by atoms with Crippen molar-refractivity contribution in [2.75, 3.05) is 6.61 Å². The number of ether oxygens (including phenoxy) is 1. The molecule has 0 aromatic rings. The third-order valence-corrected chi connectivity index (χ3v) is 3.34. The van der Waals surface area contributed by atoms with Crippen molar-refractivity contribution in [2.45, 2.75) is 71.9 Å². The molecule has 0 fully saturated rings. The Labute approximate surface area is 101 Å². The molecular weight excluding hydrogens is 200 g/mol. The SMILES string of the molecule is CCCCC(CC)CC(NN)C(C)OCC. The van der Waals surface area contributed by atoms with E-state index in [1.807, 2.05) is 6.92 Å². The third-order valence-electron chi connectivity index (χ3n) is 3.34. The van der Waals surface area contributed by atoms with Crippen LogP contribution >= 0.6 is 0 Å². The van der Waals surface area contributed by atoms with Gasteiger partial charge in [0.1, 0.15) is 0 Å². The standard InChI is InChI=1S/C13H30N2O/c1-5-8-9-12(6-2)10-13(15-14)11(4)16-7-3/h11-13,15H,5-10,14H2,1-4H3. The number of nitrogens with one attached hydrogen (secondary N) is 1. The smallest absolute Gasteiger partial charge is 0.0713 e. The summed E-state index contributed by atoms with van der Waals surface area (Å²) >= 11 is 0. The molecule has 0 aliphatic carbocycles. The Bertz CT molecular complexity index is 153. The Morgan fingerprint density at radius 3 is 2.38 bits per heavy atom. The van der Waals surface area contributed by atoms with Crippen molar-refractivity contribution in [1.29, 1.82) is 0 Å². The minimum absolute atomic E-state index is 0.200. The van der Waals surface area contributed by atoms with Gasteiger partial charge in [-0.15, -0.1) is 0 Å². The van der Waals surface area contributed by atoms with Gasteiger partial charge in [0.05, 0.1) is 6.10 Å². The lowest BCUT2D eigenvalue weighted by atomic mass is 9.90. The lowest BCUT2D eigenvalue weighted by Crippen LogP contribution is -2.45. The predicted molar refractivity (Wildman–Crippen MR) is 70.1 cm³/mol. The van der Waals surface area contributed by atoms with E-state index in [4.69, 9.17) is 10.6 Å². The minimum atomic E-state index is 0.200. The first-order chi connectivity index (χ1) is 7.69. The van der Waals surface area contributed by atoms with Crippen LogP contribution in [0.25, 0.3) is 0 Å². The van der Waals surface area contributed by atoms with Gasteiger partial charge in [0.25, 0.3) is 0 Å². The van der Waals surface area contributed by atoms with Crippen LogP contribution in [0, 0.1) is 5.92 Å². The number of nitrogens with two attached hydrogens (primary N) is 1. The molecule has 0 aliphatic rings. The first-order valence-electron chi connectivity index (χ1n) is 6.77. The van der Waals surface area contributed by atoms with Crippen LogP contribution in [-0.4, -0.2) is 18.8 Å². The quantitative estimate of drug-likeness (QED) is 0.448. The molecule has 3 nitrogen and oxygen atoms in total. The second-order valence-electron chi connectivity index (χ2n) is 4.59. The fourth-order valence-corrected chi connectivity index (χ4v) is 2.11. The van der Waals surface area contributed by atoms with E-state index in [0.29, 0.717) is 0 Å². The van der Waals surface area contributed by atoms with E-state index in [1.54, 1.807) is 0 Å². The highest BCUT2D eigenvalue weighted by Gasteiger charge is 2.19. The molecular formula is C13H30N2O. The molecule has 0 aromatic heterocycles. The average molecular weight is 230 g/mol. The molecule has 3 unspecified atom stereocenters. The van der Waals surface area contributed by atoms with Gasteiger partial charge in [-0.2, -0.15) is 0 Å². The van der Waals surface area contributed by atoms with Gasteiger partial charge < -0.3 is 4.74 Å². The fraction of sp³-hybridized carbons (Fsp3) is 1.00. The lowest BCUT2D eigenvalue weighted by molar-refractivity contribution is 0.0397. The molecule has 0 bridgehead atoms. The molecule has 16 heavy (non-hydrogen) atoms. The van der Waals surface area contributed by atoms with Crippen LogP contribution in [0.15, 0.2) is 0 Å². The number of rotatable bonds is 10. The van der Waals surface area contributed by atoms with Crippen LogP contribution in [0.4, 0.5) is 0 Å². The van der Waals surface area contributed by atoms with Gasteiger partial charge in [-0.3, -0.25) is 11.3 Å². The van der Waals surface area contributed by atoms with Crippen LogP contribution < -0.4 is 11.3 Å². The monoisotopic (exact) mass is 230 g/mol. The first kappa shape index (κ1) is 15.9. The third kappa shape index (κ3) is 6.46. The van der Waals surface area contributed by atoms with E-state index in [0.717, 1.165) is 18.9 Å². The molecule has 3 heteroatoms. The number of hydrogen-bond donors (Lipinski definition) is 2. The molecule has 3 atom stereocenters. The van der Waals surface area contributed by atoms with Crippen molar-refractivity contribution >= 4 is 0 Å². The molecule has 0 rings (SSSR count). The highest BCUT2D eigenvalue weighted by atomic mass is 16.5. The molecule has 0 aliphatic heterocycles. The summed E-state index contributed by atoms with van der Waals surface area (Å²) in [6.07, 6.45) is 6.46. The predicted octanol–water partition coefficient (Wildman–Crippen LogP) is 2.85. The van der Waals surface area contributed by atoms with E-state index >= 15 is 0 Å². The van der Waals surface area contributed by atoms with Crippen LogP contribution in [0.1, 0.15) is 59.8 Å². The second-order valence-corrected chi connectivity index (χ2v) is 4.59. The lowest BCUT2D eigenvalue weighted by Gasteiger charge is -2.27. The van der Waals surface area contributed by atoms with Gasteiger partial charge in [0.2, 0.25) is 0 Å². The normalized spacial score (nSPS) is 17.1. The highest BCUT2D eigenvalue weighted by Crippen LogP contribution is 2.20. The minimum Gasteiger partial charge on any atom is -0.377 e. The Morgan fingerprint density at radius 2 is 1.94 bits per heavy atom. The second kappa shape index (κ2) is 10.1. The van der Waals surface area contributed by atoms with Crippen molar-refractivity contribution in [3.05, 3.63) is 0 Å². The summed E-state index contributed by atoms with van der Waals surface area (Å²) in [5.41, 5.74) is 2.90. The zero-order chi connectivity index (χ0) is 12.4. The Hall–Kier alpha value is -0.120. The Balaban J connectivity index is 4.04. The summed E-state index contributed by atoms with van der Waals surface area (Å²) in [7, 11) is 0. The van der Waals surface area contributed by atoms with E-state index in [2.05, 4.69) is 26.2 Å². The summed E-state index contributed by atoms with van der Waals surface area (Å²) in [6, 6.07) is 0.279. The summed E-state index contributed by atoms with van der Waals surface area (Å²) < 4.78 is 5.60. The summed E-state index contributed by atoms with van der Waals surface area (Å²) in [5.74, 6) is 6.37. The first-order valence-corrected chi connectivity index (χ1v) is 6.77. The molecule has 0 heterocycles. The number of hydrogen-bond acceptors (Lipinski definition) is 3. The van der Waals surface area contributed by atoms with Gasteiger partial charge in [-0.05, 0) is 26.2 Å². The van der Waals surface area contributed by atoms with E-state index < -0.39 is 0 Å². The molecule has 0 radical (unpaired) electrons. The summed E-state index contributed by atoms with van der Waals surface area (Å²) in [6.45, 7) is 9.39. The molecule has 3 N–H and O–H groups in total. The zero-order valence-electron chi connectivity index (χ0n) is 11.5. The van der Waals surface area contributed by atoms with Crippen molar-refractivity contribution in [3.8, 4) is 0 Å². The average Bonchev–Trinajstić information content (AvgIpc) is 2.30. The van der Waals surface area contributed by atoms with Crippen LogP contribution in [-0.2, 0) is 4.74 Å². The molecule has 0 saturated heterocycles. The molecule has 0 amide bonds. The zero-order valence-corrected chi connectivity index (χ0v) is 11.5. The van der Waals surface area contributed by atoms with Crippen molar-refractivity contribution in [3.63, 3.8) is 0 Å². The van der Waals surface area contributed by atoms with Crippen molar-refractivity contribution in [2.24, 2.45) is 11.8 Å².